The van der Waals surface area contributed by atoms with Crippen molar-refractivity contribution in [2.75, 3.05) is 6.61 Å². The summed E-state index contributed by atoms with van der Waals surface area (Å²) in [5.41, 5.74) is 2.68. The topological polar surface area (TPSA) is 44.1 Å². The minimum atomic E-state index is -0.0131. The summed E-state index contributed by atoms with van der Waals surface area (Å²) >= 11 is 0. The van der Waals surface area contributed by atoms with Crippen molar-refractivity contribution in [2.45, 2.75) is 64.4 Å². The highest BCUT2D eigenvalue weighted by atomic mass is 16.5. The molecule has 1 unspecified atom stereocenters. The predicted octanol–water partition coefficient (Wildman–Crippen LogP) is 3.35. The molecule has 0 bridgehead atoms. The van der Waals surface area contributed by atoms with Gasteiger partial charge in [0, 0.05) is 25.3 Å². The normalized spacial score (nSPS) is 25.2. The van der Waals surface area contributed by atoms with E-state index in [4.69, 9.17) is 4.74 Å². The summed E-state index contributed by atoms with van der Waals surface area (Å²) in [6.45, 7) is 4.66. The van der Waals surface area contributed by atoms with Crippen LogP contribution in [0, 0.1) is 19.8 Å². The van der Waals surface area contributed by atoms with E-state index in [1.165, 1.54) is 19.3 Å². The Morgan fingerprint density at radius 1 is 1.29 bits per heavy atom. The number of carbonyl (C=O) groups excluding carboxylic acids is 1. The van der Waals surface area contributed by atoms with Gasteiger partial charge >= 0.3 is 0 Å². The molecule has 2 aliphatic rings. The summed E-state index contributed by atoms with van der Waals surface area (Å²) < 4.78 is 7.93. The number of Topliss-reactive ketones (excluding diaryl/α,β-unsaturated/α-hetero) is 1. The van der Waals surface area contributed by atoms with Gasteiger partial charge in [-0.2, -0.15) is 5.10 Å². The Morgan fingerprint density at radius 3 is 2.62 bits per heavy atom. The van der Waals surface area contributed by atoms with E-state index in [2.05, 4.69) is 5.10 Å². The summed E-state index contributed by atoms with van der Waals surface area (Å²) in [6, 6.07) is 0. The van der Waals surface area contributed by atoms with Gasteiger partial charge in [0.2, 0.25) is 0 Å². The standard InChI is InChI=1S/C17H26N2O2/c1-12-15(13(2)19(3)18-12)16(20)14-7-10-21-17(11-14)8-5-4-6-9-17/h14H,4-11H2,1-3H3. The van der Waals surface area contributed by atoms with Crippen molar-refractivity contribution < 1.29 is 9.53 Å². The van der Waals surface area contributed by atoms with E-state index in [1.807, 2.05) is 25.6 Å². The molecule has 3 rings (SSSR count). The number of aromatic nitrogens is 2. The van der Waals surface area contributed by atoms with Crippen molar-refractivity contribution >= 4 is 5.78 Å². The van der Waals surface area contributed by atoms with Crippen LogP contribution in [0.1, 0.15) is 66.7 Å². The van der Waals surface area contributed by atoms with Gasteiger partial charge in [-0.15, -0.1) is 0 Å². The van der Waals surface area contributed by atoms with E-state index in [1.54, 1.807) is 0 Å². The summed E-state index contributed by atoms with van der Waals surface area (Å²) in [7, 11) is 1.91. The average Bonchev–Trinajstić information content (AvgIpc) is 2.72. The van der Waals surface area contributed by atoms with E-state index < -0.39 is 0 Å². The Bertz CT molecular complexity index is 536. The summed E-state index contributed by atoms with van der Waals surface area (Å²) in [6.07, 6.45) is 7.81. The third-order valence-corrected chi connectivity index (χ3v) is 5.38. The largest absolute Gasteiger partial charge is 0.375 e. The fraction of sp³-hybridized carbons (Fsp3) is 0.765. The number of rotatable bonds is 2. The minimum absolute atomic E-state index is 0.0131. The highest BCUT2D eigenvalue weighted by Gasteiger charge is 2.41. The molecule has 0 N–H and O–H groups in total. The van der Waals surface area contributed by atoms with Crippen LogP contribution < -0.4 is 0 Å². The SMILES string of the molecule is Cc1nn(C)c(C)c1C(=O)C1CCOC2(CCCCC2)C1. The molecule has 1 saturated heterocycles. The van der Waals surface area contributed by atoms with Crippen LogP contribution in [0.5, 0.6) is 0 Å². The molecule has 116 valence electrons. The lowest BCUT2D eigenvalue weighted by Crippen LogP contribution is -2.43. The van der Waals surface area contributed by atoms with Gasteiger partial charge in [-0.3, -0.25) is 9.48 Å². The molecule has 1 spiro atoms. The highest BCUT2D eigenvalue weighted by Crippen LogP contribution is 2.41. The van der Waals surface area contributed by atoms with Crippen molar-refractivity contribution in [3.05, 3.63) is 17.0 Å². The molecule has 1 aromatic heterocycles. The first-order valence-electron chi connectivity index (χ1n) is 8.21. The third-order valence-electron chi connectivity index (χ3n) is 5.38. The van der Waals surface area contributed by atoms with E-state index in [9.17, 15) is 4.79 Å². The Hall–Kier alpha value is -1.16. The molecule has 4 nitrogen and oxygen atoms in total. The van der Waals surface area contributed by atoms with Gasteiger partial charge in [-0.25, -0.2) is 0 Å². The second kappa shape index (κ2) is 5.56. The van der Waals surface area contributed by atoms with Crippen LogP contribution in [0.3, 0.4) is 0 Å². The second-order valence-corrected chi connectivity index (χ2v) is 6.82. The van der Waals surface area contributed by atoms with Crippen LogP contribution in [0.15, 0.2) is 0 Å². The Kier molecular flexibility index (Phi) is 3.91. The van der Waals surface area contributed by atoms with E-state index >= 15 is 0 Å². The average molecular weight is 290 g/mol. The van der Waals surface area contributed by atoms with Crippen LogP contribution >= 0.6 is 0 Å². The van der Waals surface area contributed by atoms with Crippen molar-refractivity contribution in [3.8, 4) is 0 Å². The van der Waals surface area contributed by atoms with Gasteiger partial charge in [0.25, 0.3) is 0 Å². The predicted molar refractivity (Wildman–Crippen MR) is 81.5 cm³/mol. The van der Waals surface area contributed by atoms with Crippen LogP contribution in [-0.4, -0.2) is 27.8 Å². The van der Waals surface area contributed by atoms with Gasteiger partial charge in [-0.05, 0) is 39.5 Å². The van der Waals surface area contributed by atoms with Crippen molar-refractivity contribution in [3.63, 3.8) is 0 Å². The lowest BCUT2D eigenvalue weighted by atomic mass is 9.74. The van der Waals surface area contributed by atoms with Gasteiger partial charge in [0.05, 0.1) is 16.9 Å². The minimum Gasteiger partial charge on any atom is -0.375 e. The molecule has 2 heterocycles. The third kappa shape index (κ3) is 2.66. The molecule has 1 aromatic rings. The first-order chi connectivity index (χ1) is 10.0. The van der Waals surface area contributed by atoms with Gasteiger partial charge < -0.3 is 4.74 Å². The molecular formula is C17H26N2O2. The molecule has 1 saturated carbocycles. The highest BCUT2D eigenvalue weighted by molar-refractivity contribution is 6.00. The molecule has 1 aliphatic heterocycles. The fourth-order valence-corrected chi connectivity index (χ4v) is 4.13. The summed E-state index contributed by atoms with van der Waals surface area (Å²) in [5.74, 6) is 0.393. The van der Waals surface area contributed by atoms with E-state index in [0.29, 0.717) is 0 Å². The number of carbonyl (C=O) groups is 1. The number of hydrogen-bond acceptors (Lipinski definition) is 3. The molecule has 4 heteroatoms. The Labute approximate surface area is 126 Å². The zero-order valence-corrected chi connectivity index (χ0v) is 13.4. The lowest BCUT2D eigenvalue weighted by molar-refractivity contribution is -0.111. The van der Waals surface area contributed by atoms with Crippen LogP contribution in [-0.2, 0) is 11.8 Å². The number of nitrogens with zero attached hydrogens (tertiary/aromatic N) is 2. The molecule has 1 atom stereocenters. The maximum absolute atomic E-state index is 13.0. The number of aryl methyl sites for hydroxylation is 2. The Morgan fingerprint density at radius 2 is 2.00 bits per heavy atom. The fourth-order valence-electron chi connectivity index (χ4n) is 4.13. The summed E-state index contributed by atoms with van der Waals surface area (Å²) in [5, 5.41) is 4.40. The molecular weight excluding hydrogens is 264 g/mol. The van der Waals surface area contributed by atoms with Crippen LogP contribution in [0.2, 0.25) is 0 Å². The molecule has 0 amide bonds. The van der Waals surface area contributed by atoms with Crippen molar-refractivity contribution in [1.82, 2.24) is 9.78 Å². The molecule has 0 aromatic carbocycles. The van der Waals surface area contributed by atoms with Gasteiger partial charge in [0.15, 0.2) is 5.78 Å². The second-order valence-electron chi connectivity index (χ2n) is 6.82. The lowest BCUT2D eigenvalue weighted by Gasteiger charge is -2.43. The van der Waals surface area contributed by atoms with Crippen molar-refractivity contribution in [2.24, 2.45) is 13.0 Å². The zero-order valence-electron chi connectivity index (χ0n) is 13.4. The maximum atomic E-state index is 13.0. The van der Waals surface area contributed by atoms with E-state index in [-0.39, 0.29) is 17.3 Å². The number of ether oxygens (including phenoxy) is 1. The molecule has 1 aliphatic carbocycles. The van der Waals surface area contributed by atoms with Gasteiger partial charge in [-0.1, -0.05) is 19.3 Å². The maximum Gasteiger partial charge on any atom is 0.169 e. The first kappa shape index (κ1) is 14.8. The van der Waals surface area contributed by atoms with E-state index in [0.717, 1.165) is 49.2 Å². The molecule has 0 radical (unpaired) electrons. The van der Waals surface area contributed by atoms with Crippen molar-refractivity contribution in [1.29, 1.82) is 0 Å². The number of hydrogen-bond donors (Lipinski definition) is 0. The zero-order chi connectivity index (χ0) is 15.0. The monoisotopic (exact) mass is 290 g/mol. The molecule has 21 heavy (non-hydrogen) atoms. The van der Waals surface area contributed by atoms with Crippen LogP contribution in [0.4, 0.5) is 0 Å². The van der Waals surface area contributed by atoms with Gasteiger partial charge in [0.1, 0.15) is 0 Å². The smallest absolute Gasteiger partial charge is 0.169 e. The number of ketones is 1. The summed E-state index contributed by atoms with van der Waals surface area (Å²) in [4.78, 5) is 13.0. The van der Waals surface area contributed by atoms with Crippen LogP contribution in [0.25, 0.3) is 0 Å². The first-order valence-corrected chi connectivity index (χ1v) is 8.21. The Balaban J connectivity index is 1.81. The molecule has 2 fully saturated rings. The quantitative estimate of drug-likeness (QED) is 0.785.